The quantitative estimate of drug-likeness (QED) is 0.871. The van der Waals surface area contributed by atoms with Gasteiger partial charge in [0.1, 0.15) is 0 Å². The van der Waals surface area contributed by atoms with Crippen LogP contribution in [-0.2, 0) is 0 Å². The van der Waals surface area contributed by atoms with Crippen LogP contribution in [0.4, 0.5) is 5.69 Å². The standard InChI is InChI=1S/C13H19ClN2O/c1-10-12(14)4-3-5-13(10)16-7-6-15(2)8-11(16)9-17/h3-5,11,17H,6-9H2,1-2H3. The highest BCUT2D eigenvalue weighted by Gasteiger charge is 2.25. The lowest BCUT2D eigenvalue weighted by molar-refractivity contribution is 0.191. The number of hydrogen-bond acceptors (Lipinski definition) is 3. The van der Waals surface area contributed by atoms with Crippen molar-refractivity contribution in [2.75, 3.05) is 38.2 Å². The van der Waals surface area contributed by atoms with Crippen molar-refractivity contribution in [3.05, 3.63) is 28.8 Å². The molecule has 0 radical (unpaired) electrons. The normalized spacial score (nSPS) is 21.9. The third kappa shape index (κ3) is 2.57. The molecule has 94 valence electrons. The maximum Gasteiger partial charge on any atom is 0.0648 e. The SMILES string of the molecule is Cc1c(Cl)cccc1N1CCN(C)CC1CO. The number of anilines is 1. The smallest absolute Gasteiger partial charge is 0.0648 e. The van der Waals surface area contributed by atoms with Gasteiger partial charge in [0.25, 0.3) is 0 Å². The average molecular weight is 255 g/mol. The summed E-state index contributed by atoms with van der Waals surface area (Å²) in [6, 6.07) is 6.11. The third-order valence-electron chi connectivity index (χ3n) is 3.45. The van der Waals surface area contributed by atoms with Crippen LogP contribution >= 0.6 is 11.6 Å². The van der Waals surface area contributed by atoms with E-state index in [1.54, 1.807) is 0 Å². The van der Waals surface area contributed by atoms with Crippen LogP contribution in [0, 0.1) is 6.92 Å². The minimum Gasteiger partial charge on any atom is -0.394 e. The van der Waals surface area contributed by atoms with Gasteiger partial charge in [-0.3, -0.25) is 0 Å². The molecule has 0 amide bonds. The molecule has 0 saturated carbocycles. The van der Waals surface area contributed by atoms with E-state index in [0.29, 0.717) is 0 Å². The van der Waals surface area contributed by atoms with Gasteiger partial charge >= 0.3 is 0 Å². The third-order valence-corrected chi connectivity index (χ3v) is 3.85. The fourth-order valence-electron chi connectivity index (χ4n) is 2.39. The van der Waals surface area contributed by atoms with Gasteiger partial charge in [-0.2, -0.15) is 0 Å². The van der Waals surface area contributed by atoms with E-state index in [1.165, 1.54) is 0 Å². The van der Waals surface area contributed by atoms with Crippen molar-refractivity contribution in [2.45, 2.75) is 13.0 Å². The summed E-state index contributed by atoms with van der Waals surface area (Å²) in [5.41, 5.74) is 2.24. The largest absolute Gasteiger partial charge is 0.394 e. The second-order valence-electron chi connectivity index (χ2n) is 4.68. The predicted molar refractivity (Wildman–Crippen MR) is 71.9 cm³/mol. The van der Waals surface area contributed by atoms with Gasteiger partial charge in [0.2, 0.25) is 0 Å². The number of hydrogen-bond donors (Lipinski definition) is 1. The van der Waals surface area contributed by atoms with Crippen LogP contribution in [-0.4, -0.2) is 49.3 Å². The molecular weight excluding hydrogens is 236 g/mol. The van der Waals surface area contributed by atoms with Crippen LogP contribution in [0.5, 0.6) is 0 Å². The summed E-state index contributed by atoms with van der Waals surface area (Å²) in [5.74, 6) is 0. The van der Waals surface area contributed by atoms with Crippen LogP contribution in [0.3, 0.4) is 0 Å². The molecule has 1 fully saturated rings. The van der Waals surface area contributed by atoms with E-state index in [9.17, 15) is 5.11 Å². The van der Waals surface area contributed by atoms with E-state index in [2.05, 4.69) is 22.9 Å². The zero-order valence-electron chi connectivity index (χ0n) is 10.4. The topological polar surface area (TPSA) is 26.7 Å². The molecule has 1 N–H and O–H groups in total. The fourth-order valence-corrected chi connectivity index (χ4v) is 2.56. The summed E-state index contributed by atoms with van der Waals surface area (Å²) in [6.07, 6.45) is 0. The number of benzene rings is 1. The Hall–Kier alpha value is -0.770. The Kier molecular flexibility index (Phi) is 3.92. The molecule has 0 spiro atoms. The highest BCUT2D eigenvalue weighted by molar-refractivity contribution is 6.31. The van der Waals surface area contributed by atoms with Gasteiger partial charge in [0.05, 0.1) is 12.6 Å². The van der Waals surface area contributed by atoms with Crippen molar-refractivity contribution in [2.24, 2.45) is 0 Å². The molecule has 0 aromatic heterocycles. The van der Waals surface area contributed by atoms with Crippen molar-refractivity contribution >= 4 is 17.3 Å². The molecule has 4 heteroatoms. The number of halogens is 1. The molecular formula is C13H19ClN2O. The van der Waals surface area contributed by atoms with Gasteiger partial charge < -0.3 is 14.9 Å². The molecule has 0 bridgehead atoms. The highest BCUT2D eigenvalue weighted by Crippen LogP contribution is 2.28. The second-order valence-corrected chi connectivity index (χ2v) is 5.08. The number of aliphatic hydroxyl groups excluding tert-OH is 1. The van der Waals surface area contributed by atoms with Crippen LogP contribution in [0.15, 0.2) is 18.2 Å². The van der Waals surface area contributed by atoms with E-state index in [4.69, 9.17) is 11.6 Å². The molecule has 1 atom stereocenters. The number of piperazine rings is 1. The number of rotatable bonds is 2. The molecule has 0 aliphatic carbocycles. The van der Waals surface area contributed by atoms with Crippen LogP contribution in [0.2, 0.25) is 5.02 Å². The maximum absolute atomic E-state index is 9.50. The van der Waals surface area contributed by atoms with Gasteiger partial charge in [0.15, 0.2) is 0 Å². The number of aliphatic hydroxyl groups is 1. The lowest BCUT2D eigenvalue weighted by atomic mass is 10.1. The maximum atomic E-state index is 9.50. The first kappa shape index (κ1) is 12.7. The van der Waals surface area contributed by atoms with E-state index in [1.807, 2.05) is 19.1 Å². The average Bonchev–Trinajstić information content (AvgIpc) is 2.33. The summed E-state index contributed by atoms with van der Waals surface area (Å²) >= 11 is 6.15. The Morgan fingerprint density at radius 1 is 1.41 bits per heavy atom. The monoisotopic (exact) mass is 254 g/mol. The lowest BCUT2D eigenvalue weighted by Gasteiger charge is -2.41. The fraction of sp³-hybridized carbons (Fsp3) is 0.538. The Balaban J connectivity index is 2.28. The molecule has 1 aliphatic heterocycles. The Morgan fingerprint density at radius 3 is 2.88 bits per heavy atom. The molecule has 1 unspecified atom stereocenters. The Morgan fingerprint density at radius 2 is 2.18 bits per heavy atom. The molecule has 3 nitrogen and oxygen atoms in total. The summed E-state index contributed by atoms with van der Waals surface area (Å²) in [4.78, 5) is 4.51. The molecule has 1 aromatic carbocycles. The first-order valence-corrected chi connectivity index (χ1v) is 6.32. The van der Waals surface area contributed by atoms with Gasteiger partial charge in [-0.05, 0) is 31.7 Å². The predicted octanol–water partition coefficient (Wildman–Crippen LogP) is 1.76. The Bertz CT molecular complexity index is 397. The molecule has 1 aromatic rings. The van der Waals surface area contributed by atoms with E-state index >= 15 is 0 Å². The van der Waals surface area contributed by atoms with Crippen molar-refractivity contribution < 1.29 is 5.11 Å². The molecule has 1 heterocycles. The summed E-state index contributed by atoms with van der Waals surface area (Å²) < 4.78 is 0. The van der Waals surface area contributed by atoms with Crippen LogP contribution in [0.25, 0.3) is 0 Å². The van der Waals surface area contributed by atoms with Crippen LogP contribution < -0.4 is 4.90 Å². The van der Waals surface area contributed by atoms with E-state index in [0.717, 1.165) is 35.9 Å². The molecule has 1 saturated heterocycles. The minimum absolute atomic E-state index is 0.158. The zero-order valence-corrected chi connectivity index (χ0v) is 11.1. The Labute approximate surface area is 108 Å². The molecule has 17 heavy (non-hydrogen) atoms. The van der Waals surface area contributed by atoms with Crippen molar-refractivity contribution in [3.63, 3.8) is 0 Å². The van der Waals surface area contributed by atoms with Gasteiger partial charge in [-0.15, -0.1) is 0 Å². The lowest BCUT2D eigenvalue weighted by Crippen LogP contribution is -2.53. The molecule has 2 rings (SSSR count). The van der Waals surface area contributed by atoms with Crippen molar-refractivity contribution in [1.29, 1.82) is 0 Å². The molecule has 1 aliphatic rings. The zero-order chi connectivity index (χ0) is 12.4. The first-order valence-electron chi connectivity index (χ1n) is 5.94. The number of nitrogens with zero attached hydrogens (tertiary/aromatic N) is 2. The number of likely N-dealkylation sites (N-methyl/N-ethyl adjacent to an activating group) is 1. The second kappa shape index (κ2) is 5.25. The van der Waals surface area contributed by atoms with Gasteiger partial charge in [-0.1, -0.05) is 17.7 Å². The summed E-state index contributed by atoms with van der Waals surface area (Å²) in [5, 5.41) is 10.3. The summed E-state index contributed by atoms with van der Waals surface area (Å²) in [6.45, 7) is 5.05. The first-order chi connectivity index (χ1) is 8.13. The van der Waals surface area contributed by atoms with Gasteiger partial charge in [0, 0.05) is 30.3 Å². The van der Waals surface area contributed by atoms with Crippen LogP contribution in [0.1, 0.15) is 5.56 Å². The summed E-state index contributed by atoms with van der Waals surface area (Å²) in [7, 11) is 2.09. The van der Waals surface area contributed by atoms with Crippen molar-refractivity contribution in [3.8, 4) is 0 Å². The van der Waals surface area contributed by atoms with Crippen molar-refractivity contribution in [1.82, 2.24) is 4.90 Å². The minimum atomic E-state index is 0.158. The van der Waals surface area contributed by atoms with E-state index in [-0.39, 0.29) is 12.6 Å². The van der Waals surface area contributed by atoms with Gasteiger partial charge in [-0.25, -0.2) is 0 Å². The van der Waals surface area contributed by atoms with E-state index < -0.39 is 0 Å². The highest BCUT2D eigenvalue weighted by atomic mass is 35.5.